The van der Waals surface area contributed by atoms with Crippen molar-refractivity contribution in [3.63, 3.8) is 0 Å². The van der Waals surface area contributed by atoms with Gasteiger partial charge in [0.1, 0.15) is 17.1 Å². The van der Waals surface area contributed by atoms with Crippen LogP contribution in [-0.4, -0.2) is 11.1 Å². The first-order valence-corrected chi connectivity index (χ1v) is 6.84. The van der Waals surface area contributed by atoms with Gasteiger partial charge in [-0.05, 0) is 49.8 Å². The second-order valence-electron chi connectivity index (χ2n) is 5.20. The van der Waals surface area contributed by atoms with Gasteiger partial charge >= 0.3 is 0 Å². The molecule has 0 fully saturated rings. The fraction of sp³-hybridized carbons (Fsp3) is 0.176. The van der Waals surface area contributed by atoms with Crippen LogP contribution in [0.3, 0.4) is 0 Å². The molecule has 4 nitrogen and oxygen atoms in total. The van der Waals surface area contributed by atoms with Crippen LogP contribution in [0.2, 0.25) is 0 Å². The summed E-state index contributed by atoms with van der Waals surface area (Å²) in [4.78, 5) is 0. The molecule has 108 valence electrons. The van der Waals surface area contributed by atoms with Gasteiger partial charge in [0, 0.05) is 22.6 Å². The van der Waals surface area contributed by atoms with Gasteiger partial charge in [0.15, 0.2) is 0 Å². The van der Waals surface area contributed by atoms with Gasteiger partial charge in [-0.1, -0.05) is 0 Å². The van der Waals surface area contributed by atoms with Gasteiger partial charge < -0.3 is 19.7 Å². The van der Waals surface area contributed by atoms with E-state index in [1.165, 1.54) is 0 Å². The summed E-state index contributed by atoms with van der Waals surface area (Å²) in [6.07, 6.45) is 7.79. The van der Waals surface area contributed by atoms with Gasteiger partial charge in [0.25, 0.3) is 0 Å². The zero-order chi connectivity index (χ0) is 14.8. The van der Waals surface area contributed by atoms with Crippen molar-refractivity contribution >= 4 is 23.1 Å². The number of furan rings is 2. The van der Waals surface area contributed by atoms with E-state index in [-0.39, 0.29) is 11.8 Å². The van der Waals surface area contributed by atoms with E-state index in [4.69, 9.17) is 14.6 Å². The number of benzene rings is 1. The zero-order valence-corrected chi connectivity index (χ0v) is 11.7. The Morgan fingerprint density at radius 2 is 2.14 bits per heavy atom. The highest BCUT2D eigenvalue weighted by Crippen LogP contribution is 2.31. The lowest BCUT2D eigenvalue weighted by Gasteiger charge is -2.04. The van der Waals surface area contributed by atoms with Crippen LogP contribution in [0.25, 0.3) is 23.1 Å². The SMILES string of the molecule is CC(N)Cc1c(/C=C/c2ccoc2)oc2ccc(O)cc12. The van der Waals surface area contributed by atoms with Crippen molar-refractivity contribution in [3.8, 4) is 5.75 Å². The molecule has 0 spiro atoms. The molecule has 0 bridgehead atoms. The third-order valence-electron chi connectivity index (χ3n) is 3.30. The highest BCUT2D eigenvalue weighted by molar-refractivity contribution is 5.87. The molecule has 0 saturated carbocycles. The largest absolute Gasteiger partial charge is 0.508 e. The molecule has 0 saturated heterocycles. The topological polar surface area (TPSA) is 72.5 Å². The summed E-state index contributed by atoms with van der Waals surface area (Å²) in [5.74, 6) is 0.980. The fourth-order valence-electron chi connectivity index (χ4n) is 2.36. The van der Waals surface area contributed by atoms with Crippen LogP contribution in [0.1, 0.15) is 23.8 Å². The summed E-state index contributed by atoms with van der Waals surface area (Å²) in [7, 11) is 0. The zero-order valence-electron chi connectivity index (χ0n) is 11.7. The summed E-state index contributed by atoms with van der Waals surface area (Å²) in [5, 5.41) is 10.6. The van der Waals surface area contributed by atoms with Crippen molar-refractivity contribution in [2.75, 3.05) is 0 Å². The number of phenols is 1. The number of fused-ring (bicyclic) bond motifs is 1. The summed E-state index contributed by atoms with van der Waals surface area (Å²) < 4.78 is 10.9. The second-order valence-corrected chi connectivity index (χ2v) is 5.20. The second kappa shape index (κ2) is 5.50. The Bertz CT molecular complexity index is 767. The molecule has 0 aliphatic rings. The minimum absolute atomic E-state index is 0.00854. The molecule has 0 amide bonds. The maximum atomic E-state index is 9.67. The molecule has 2 heterocycles. The van der Waals surface area contributed by atoms with Crippen molar-refractivity contribution in [2.24, 2.45) is 5.73 Å². The summed E-state index contributed by atoms with van der Waals surface area (Å²) in [6, 6.07) is 6.98. The van der Waals surface area contributed by atoms with Gasteiger partial charge in [-0.15, -0.1) is 0 Å². The Kier molecular flexibility index (Phi) is 3.54. The van der Waals surface area contributed by atoms with Gasteiger partial charge in [-0.3, -0.25) is 0 Å². The molecule has 0 radical (unpaired) electrons. The first-order chi connectivity index (χ1) is 10.1. The fourth-order valence-corrected chi connectivity index (χ4v) is 2.36. The Morgan fingerprint density at radius 3 is 2.86 bits per heavy atom. The third-order valence-corrected chi connectivity index (χ3v) is 3.30. The molecular weight excluding hydrogens is 266 g/mol. The Morgan fingerprint density at radius 1 is 1.29 bits per heavy atom. The lowest BCUT2D eigenvalue weighted by atomic mass is 10.0. The lowest BCUT2D eigenvalue weighted by Crippen LogP contribution is -2.17. The van der Waals surface area contributed by atoms with E-state index in [0.29, 0.717) is 6.42 Å². The Balaban J connectivity index is 2.07. The van der Waals surface area contributed by atoms with Crippen LogP contribution < -0.4 is 5.73 Å². The van der Waals surface area contributed by atoms with Crippen LogP contribution in [0, 0.1) is 0 Å². The molecule has 21 heavy (non-hydrogen) atoms. The molecule has 1 unspecified atom stereocenters. The number of nitrogens with two attached hydrogens (primary N) is 1. The first-order valence-electron chi connectivity index (χ1n) is 6.84. The molecule has 3 aromatic rings. The molecule has 0 aliphatic carbocycles. The maximum Gasteiger partial charge on any atom is 0.135 e. The van der Waals surface area contributed by atoms with Gasteiger partial charge in [0.05, 0.1) is 12.5 Å². The summed E-state index contributed by atoms with van der Waals surface area (Å²) >= 11 is 0. The van der Waals surface area contributed by atoms with Crippen LogP contribution >= 0.6 is 0 Å². The van der Waals surface area contributed by atoms with Crippen molar-refractivity contribution in [1.82, 2.24) is 0 Å². The number of hydrogen-bond donors (Lipinski definition) is 2. The molecule has 3 N–H and O–H groups in total. The van der Waals surface area contributed by atoms with E-state index in [2.05, 4.69) is 0 Å². The van der Waals surface area contributed by atoms with E-state index in [9.17, 15) is 5.11 Å². The normalized spacial score (nSPS) is 13.2. The summed E-state index contributed by atoms with van der Waals surface area (Å²) in [5.41, 5.74) is 8.65. The van der Waals surface area contributed by atoms with E-state index >= 15 is 0 Å². The monoisotopic (exact) mass is 283 g/mol. The molecular formula is C17H17NO3. The Labute approximate surface area is 122 Å². The van der Waals surface area contributed by atoms with Crippen LogP contribution in [0.15, 0.2) is 45.6 Å². The van der Waals surface area contributed by atoms with Crippen molar-refractivity contribution < 1.29 is 13.9 Å². The molecule has 2 aromatic heterocycles. The molecule has 3 rings (SSSR count). The highest BCUT2D eigenvalue weighted by Gasteiger charge is 2.14. The van der Waals surface area contributed by atoms with Crippen molar-refractivity contribution in [1.29, 1.82) is 0 Å². The quantitative estimate of drug-likeness (QED) is 0.764. The summed E-state index contributed by atoms with van der Waals surface area (Å²) in [6.45, 7) is 1.95. The minimum Gasteiger partial charge on any atom is -0.508 e. The van der Waals surface area contributed by atoms with E-state index in [1.54, 1.807) is 30.7 Å². The van der Waals surface area contributed by atoms with Crippen LogP contribution in [0.5, 0.6) is 5.75 Å². The smallest absolute Gasteiger partial charge is 0.135 e. The predicted molar refractivity (Wildman–Crippen MR) is 82.9 cm³/mol. The van der Waals surface area contributed by atoms with Gasteiger partial charge in [0.2, 0.25) is 0 Å². The minimum atomic E-state index is 0.00854. The molecule has 1 aromatic carbocycles. The number of aromatic hydroxyl groups is 1. The van der Waals surface area contributed by atoms with Crippen LogP contribution in [0.4, 0.5) is 0 Å². The first kappa shape index (κ1) is 13.5. The average molecular weight is 283 g/mol. The van der Waals surface area contributed by atoms with Gasteiger partial charge in [-0.25, -0.2) is 0 Å². The third kappa shape index (κ3) is 2.85. The van der Waals surface area contributed by atoms with E-state index in [1.807, 2.05) is 25.1 Å². The lowest BCUT2D eigenvalue weighted by molar-refractivity contribution is 0.476. The van der Waals surface area contributed by atoms with Crippen molar-refractivity contribution in [3.05, 3.63) is 53.7 Å². The molecule has 1 atom stereocenters. The number of rotatable bonds is 4. The number of phenolic OH excluding ortho intramolecular Hbond substituents is 1. The number of hydrogen-bond acceptors (Lipinski definition) is 4. The Hall–Kier alpha value is -2.46. The average Bonchev–Trinajstić information content (AvgIpc) is 3.05. The maximum absolute atomic E-state index is 9.67. The standard InChI is InChI=1S/C17H17NO3/c1-11(18)8-14-15-9-13(19)3-5-17(15)21-16(14)4-2-12-6-7-20-10-12/h2-7,9-11,19H,8,18H2,1H3/b4-2+. The molecule has 0 aliphatic heterocycles. The van der Waals surface area contributed by atoms with Crippen molar-refractivity contribution in [2.45, 2.75) is 19.4 Å². The van der Waals surface area contributed by atoms with E-state index in [0.717, 1.165) is 27.9 Å². The van der Waals surface area contributed by atoms with Gasteiger partial charge in [-0.2, -0.15) is 0 Å². The highest BCUT2D eigenvalue weighted by atomic mass is 16.3. The molecule has 4 heteroatoms. The van der Waals surface area contributed by atoms with E-state index < -0.39 is 0 Å². The predicted octanol–water partition coefficient (Wildman–Crippen LogP) is 3.79. The van der Waals surface area contributed by atoms with Crippen LogP contribution in [-0.2, 0) is 6.42 Å².